The first-order valence-corrected chi connectivity index (χ1v) is 31.2. The summed E-state index contributed by atoms with van der Waals surface area (Å²) in [5.41, 5.74) is 5.81. The molecule has 75 heavy (non-hydrogen) atoms. The lowest BCUT2D eigenvalue weighted by Gasteiger charge is -2.37. The largest absolute Gasteiger partial charge is 0.471 e. The molecule has 2 saturated heterocycles. The highest BCUT2D eigenvalue weighted by molar-refractivity contribution is 9.11. The predicted molar refractivity (Wildman–Crippen MR) is 293 cm³/mol. The molecule has 2 fully saturated rings. The van der Waals surface area contributed by atoms with Crippen molar-refractivity contribution in [2.24, 2.45) is 0 Å². The zero-order valence-corrected chi connectivity index (χ0v) is 47.1. The van der Waals surface area contributed by atoms with E-state index in [1.807, 2.05) is 13.0 Å². The number of rotatable bonds is 14. The van der Waals surface area contributed by atoms with E-state index in [-0.39, 0.29) is 48.8 Å². The van der Waals surface area contributed by atoms with Crippen LogP contribution in [0.15, 0.2) is 70.3 Å². The van der Waals surface area contributed by atoms with E-state index in [0.29, 0.717) is 115 Å². The van der Waals surface area contributed by atoms with E-state index in [9.17, 15) is 27.1 Å². The molecule has 0 saturated carbocycles. The van der Waals surface area contributed by atoms with Gasteiger partial charge in [0.15, 0.2) is 0 Å². The fourth-order valence-electron chi connectivity index (χ4n) is 9.70. The maximum Gasteiger partial charge on any atom is 0.471 e. The zero-order valence-electron chi connectivity index (χ0n) is 41.4. The van der Waals surface area contributed by atoms with Crippen LogP contribution in [-0.4, -0.2) is 126 Å². The molecule has 2 aliphatic rings. The molecule has 9 rings (SSSR count). The van der Waals surface area contributed by atoms with E-state index in [4.69, 9.17) is 36.3 Å². The molecule has 2 aromatic carbocycles. The molecule has 18 nitrogen and oxygen atoms in total. The van der Waals surface area contributed by atoms with Crippen LogP contribution in [0.3, 0.4) is 0 Å². The molecule has 0 radical (unpaired) electrons. The monoisotopic (exact) mass is 1210 g/mol. The third kappa shape index (κ3) is 12.4. The third-order valence-corrected chi connectivity index (χ3v) is 17.5. The van der Waals surface area contributed by atoms with Gasteiger partial charge >= 0.3 is 12.1 Å². The first-order chi connectivity index (χ1) is 35.6. The highest BCUT2D eigenvalue weighted by atomic mass is 79.9. The number of benzene rings is 2. The van der Waals surface area contributed by atoms with E-state index in [1.54, 1.807) is 75.7 Å². The Kier molecular flexibility index (Phi) is 16.1. The molecule has 3 N–H and O–H groups in total. The average molecular weight is 1220 g/mol. The first-order valence-electron chi connectivity index (χ1n) is 24.1. The topological polar surface area (TPSA) is 219 Å². The first kappa shape index (κ1) is 54.4. The molecule has 0 aliphatic carbocycles. The predicted octanol–water partition coefficient (Wildman–Crippen LogP) is 10.7. The molecule has 0 spiro atoms. The molecule has 1 amide bonds. The van der Waals surface area contributed by atoms with Crippen LogP contribution < -0.4 is 31.3 Å². The summed E-state index contributed by atoms with van der Waals surface area (Å²) in [5, 5.41) is 11.0. The van der Waals surface area contributed by atoms with Gasteiger partial charge in [-0.2, -0.15) is 23.1 Å². The molecule has 26 heteroatoms. The molecule has 0 bridgehead atoms. The summed E-state index contributed by atoms with van der Waals surface area (Å²) in [6.45, 7) is 10.2. The van der Waals surface area contributed by atoms with Gasteiger partial charge in [-0.3, -0.25) is 19.7 Å². The molecule has 7 aromatic rings. The second-order valence-electron chi connectivity index (χ2n) is 19.1. The Morgan fingerprint density at radius 1 is 0.747 bits per heavy atom. The summed E-state index contributed by atoms with van der Waals surface area (Å²) >= 11 is 13.2. The van der Waals surface area contributed by atoms with Crippen molar-refractivity contribution < 1.29 is 31.8 Å². The number of halogens is 6. The van der Waals surface area contributed by atoms with E-state index in [1.165, 1.54) is 6.20 Å². The van der Waals surface area contributed by atoms with Crippen molar-refractivity contribution >= 4 is 131 Å². The van der Waals surface area contributed by atoms with Crippen molar-refractivity contribution in [2.45, 2.75) is 70.2 Å². The number of fused-ring (bicyclic) bond motifs is 2. The molecule has 2 aliphatic heterocycles. The van der Waals surface area contributed by atoms with Gasteiger partial charge in [-0.25, -0.2) is 19.9 Å². The minimum absolute atomic E-state index is 0.0253. The van der Waals surface area contributed by atoms with Gasteiger partial charge in [-0.1, -0.05) is 6.92 Å². The average Bonchev–Trinajstić information content (AvgIpc) is 3.63. The number of carbonyl (C=O) groups is 1. The Morgan fingerprint density at radius 2 is 1.39 bits per heavy atom. The summed E-state index contributed by atoms with van der Waals surface area (Å²) in [5.74, 6) is -0.572. The summed E-state index contributed by atoms with van der Waals surface area (Å²) in [7, 11) is -5.95. The van der Waals surface area contributed by atoms with Gasteiger partial charge in [0.2, 0.25) is 17.1 Å². The van der Waals surface area contributed by atoms with Gasteiger partial charge in [0.25, 0.3) is 0 Å². The number of pyridine rings is 1. The van der Waals surface area contributed by atoms with Crippen LogP contribution in [0.25, 0.3) is 22.1 Å². The van der Waals surface area contributed by atoms with Crippen molar-refractivity contribution in [3.63, 3.8) is 0 Å². The minimum Gasteiger partial charge on any atom is -0.470 e. The van der Waals surface area contributed by atoms with Gasteiger partial charge in [-0.15, -0.1) is 0 Å². The summed E-state index contributed by atoms with van der Waals surface area (Å²) in [6, 6.07) is 9.18. The van der Waals surface area contributed by atoms with Crippen molar-refractivity contribution in [1.29, 1.82) is 0 Å². The van der Waals surface area contributed by atoms with E-state index >= 15 is 0 Å². The lowest BCUT2D eigenvalue weighted by atomic mass is 9.88. The maximum atomic E-state index is 14.1. The highest BCUT2D eigenvalue weighted by Crippen LogP contribution is 2.44. The second kappa shape index (κ2) is 22.3. The molecule has 5 aromatic heterocycles. The number of amides is 1. The van der Waals surface area contributed by atoms with Gasteiger partial charge < -0.3 is 39.6 Å². The van der Waals surface area contributed by atoms with E-state index in [0.717, 1.165) is 29.0 Å². The number of nitrogens with zero attached hydrogens (tertiary/aromatic N) is 11. The standard InChI is InChI=1S/C49H52Br2ClF3N14O4P2/c1-6-27-22-37(64-48-60-25-32(51)44(67-48)63-35-11-9-33-39(57-17-16-56-33)41(35)74(2,3)71)45(65-38(27)28-13-19-68(20-14-28)30-8-7-18-69(21-15-30)46(70)49(53,54)55)73-26-29-23-58-34-10-12-36(42(40(34)61-29)75(4,5)72)62-43-31(50)24-59-47(52)66-43/h9-12,16-17,22-25,28,30H,6-8,13-15,18-21,26H2,1-5H3,(H,59,62,66)(H2,60,63,64,67). The molecular weight excluding hydrogens is 1160 g/mol. The number of ether oxygens (including phenoxy) is 1. The van der Waals surface area contributed by atoms with E-state index < -0.39 is 26.4 Å². The van der Waals surface area contributed by atoms with Crippen LogP contribution in [0.2, 0.25) is 5.28 Å². The molecular formula is C49H52Br2ClF3N14O4P2. The van der Waals surface area contributed by atoms with Crippen LogP contribution in [0.5, 0.6) is 5.88 Å². The number of alkyl halides is 3. The molecule has 1 atom stereocenters. The molecule has 7 heterocycles. The smallest absolute Gasteiger partial charge is 0.470 e. The van der Waals surface area contributed by atoms with Crippen molar-refractivity contribution in [2.75, 3.05) is 68.8 Å². The maximum absolute atomic E-state index is 14.1. The number of carbonyl (C=O) groups excluding carboxylic acids is 1. The summed E-state index contributed by atoms with van der Waals surface area (Å²) < 4.78 is 75.5. The Labute approximate surface area is 452 Å². The Morgan fingerprint density at radius 3 is 2.05 bits per heavy atom. The molecule has 1 unspecified atom stereocenters. The zero-order chi connectivity index (χ0) is 53.4. The number of hydrogen-bond acceptors (Lipinski definition) is 17. The van der Waals surface area contributed by atoms with Gasteiger partial charge in [0.1, 0.15) is 49.2 Å². The van der Waals surface area contributed by atoms with Gasteiger partial charge in [0.05, 0.1) is 59.5 Å². The second-order valence-corrected chi connectivity index (χ2v) is 27.4. The van der Waals surface area contributed by atoms with Crippen molar-refractivity contribution in [1.82, 2.24) is 54.7 Å². The number of piperidine rings is 1. The lowest BCUT2D eigenvalue weighted by Crippen LogP contribution is -2.43. The van der Waals surface area contributed by atoms with Gasteiger partial charge in [0, 0.05) is 49.8 Å². The third-order valence-electron chi connectivity index (χ3n) is 13.1. The van der Waals surface area contributed by atoms with Crippen molar-refractivity contribution in [3.05, 3.63) is 92.5 Å². The number of nitrogens with one attached hydrogen (secondary N) is 3. The lowest BCUT2D eigenvalue weighted by molar-refractivity contribution is -0.185. The molecule has 394 valence electrons. The van der Waals surface area contributed by atoms with Crippen LogP contribution in [-0.2, 0) is 27.0 Å². The SMILES string of the molecule is CCc1cc(Nc2ncc(Br)c(Nc3ccc4nccnc4c3P(C)(C)=O)n2)c(OCc2cnc3ccc(Nc4nc(Cl)ncc4Br)c(P(C)(C)=O)c3n2)nc1C1CCN(C2CCCN(C(=O)C(F)(F)F)CC2)CC1. The number of anilines is 6. The fraction of sp³-hybridized carbons (Fsp3) is 0.388. The highest BCUT2D eigenvalue weighted by Gasteiger charge is 2.43. The number of aromatic nitrogens is 9. The van der Waals surface area contributed by atoms with E-state index in [2.05, 4.69) is 77.6 Å². The summed E-state index contributed by atoms with van der Waals surface area (Å²) in [6.07, 6.45) is 6.73. The number of hydrogen-bond donors (Lipinski definition) is 3. The Hall–Kier alpha value is -5.44. The normalized spacial score (nSPS) is 16.3. The van der Waals surface area contributed by atoms with Crippen LogP contribution in [0, 0.1) is 0 Å². The van der Waals surface area contributed by atoms with Gasteiger partial charge in [-0.05, 0) is 158 Å². The minimum atomic E-state index is -4.89. The quantitative estimate of drug-likeness (QED) is 0.0681. The summed E-state index contributed by atoms with van der Waals surface area (Å²) in [4.78, 5) is 57.0. The van der Waals surface area contributed by atoms with Crippen LogP contribution in [0.4, 0.5) is 47.8 Å². The number of likely N-dealkylation sites (tertiary alicyclic amines) is 2. The number of aryl methyl sites for hydroxylation is 1. The van der Waals surface area contributed by atoms with Crippen LogP contribution in [0.1, 0.15) is 61.9 Å². The Balaban J connectivity index is 1.03. The fourth-order valence-corrected chi connectivity index (χ4v) is 13.2. The van der Waals surface area contributed by atoms with Crippen LogP contribution >= 0.6 is 57.7 Å². The van der Waals surface area contributed by atoms with Crippen molar-refractivity contribution in [3.8, 4) is 5.88 Å². The Bertz CT molecular complexity index is 3420.